The molecule has 1 aromatic carbocycles. The third-order valence-corrected chi connectivity index (χ3v) is 6.15. The fourth-order valence-corrected chi connectivity index (χ4v) is 4.39. The molecule has 1 saturated carbocycles. The molecule has 0 bridgehead atoms. The molecule has 1 aliphatic carbocycles. The lowest BCUT2D eigenvalue weighted by Crippen LogP contribution is -2.42. The maximum Gasteiger partial charge on any atom is 0.220 e. The van der Waals surface area contributed by atoms with E-state index in [1.165, 1.54) is 4.90 Å². The molecule has 23 heavy (non-hydrogen) atoms. The average Bonchev–Trinajstić information content (AvgIpc) is 3.29. The van der Waals surface area contributed by atoms with Crippen molar-refractivity contribution in [3.05, 3.63) is 52.7 Å². The summed E-state index contributed by atoms with van der Waals surface area (Å²) in [5.41, 5.74) is -0.892. The number of nitrogens with one attached hydrogen (secondary N) is 1. The maximum atomic E-state index is 12.1. The van der Waals surface area contributed by atoms with Gasteiger partial charge in [-0.25, -0.2) is 0 Å². The molecule has 0 aliphatic heterocycles. The molecule has 1 amide bonds. The fourth-order valence-electron chi connectivity index (χ4n) is 2.62. The van der Waals surface area contributed by atoms with Gasteiger partial charge in [-0.2, -0.15) is 0 Å². The van der Waals surface area contributed by atoms with Gasteiger partial charge in [0, 0.05) is 21.9 Å². The van der Waals surface area contributed by atoms with Gasteiger partial charge in [0.25, 0.3) is 0 Å². The molecule has 1 unspecified atom stereocenters. The average molecular weight is 348 g/mol. The van der Waals surface area contributed by atoms with Gasteiger partial charge in [0.1, 0.15) is 5.60 Å². The third-order valence-electron chi connectivity index (χ3n) is 4.10. The van der Waals surface area contributed by atoms with Crippen LogP contribution in [0.3, 0.4) is 0 Å². The Hall–Kier alpha value is -1.30. The van der Waals surface area contributed by atoms with Gasteiger partial charge in [-0.05, 0) is 42.3 Å². The van der Waals surface area contributed by atoms with Crippen molar-refractivity contribution >= 4 is 29.0 Å². The molecule has 3 nitrogen and oxygen atoms in total. The second-order valence-corrected chi connectivity index (χ2v) is 7.98. The lowest BCUT2D eigenvalue weighted by molar-refractivity contribution is -0.122. The van der Waals surface area contributed by atoms with E-state index in [-0.39, 0.29) is 11.8 Å². The van der Waals surface area contributed by atoms with Gasteiger partial charge < -0.3 is 10.4 Å². The number of carbonyl (C=O) groups is 1. The van der Waals surface area contributed by atoms with Gasteiger partial charge in [0.15, 0.2) is 0 Å². The number of hydrogen-bond acceptors (Lipinski definition) is 4. The van der Waals surface area contributed by atoms with E-state index in [1.54, 1.807) is 23.1 Å². The van der Waals surface area contributed by atoms with Crippen LogP contribution in [-0.4, -0.2) is 23.3 Å². The molecule has 3 rings (SSSR count). The standard InChI is InChI=1S/C18H21NO2S2/c20-17(10-12-22-15-5-2-1-3-6-15)19-13-18(21,14-8-9-14)16-7-4-11-23-16/h1-7,11,14,21H,8-10,12-13H2,(H,19,20). The van der Waals surface area contributed by atoms with E-state index in [0.717, 1.165) is 23.5 Å². The zero-order valence-corrected chi connectivity index (χ0v) is 14.5. The summed E-state index contributed by atoms with van der Waals surface area (Å²) in [5, 5.41) is 15.9. The van der Waals surface area contributed by atoms with Gasteiger partial charge in [0.2, 0.25) is 5.91 Å². The summed E-state index contributed by atoms with van der Waals surface area (Å²) in [6.07, 6.45) is 2.53. The highest BCUT2D eigenvalue weighted by Gasteiger charge is 2.45. The molecular formula is C18H21NO2S2. The minimum Gasteiger partial charge on any atom is -0.382 e. The SMILES string of the molecule is O=C(CCSc1ccccc1)NCC(O)(c1cccs1)C1CC1. The topological polar surface area (TPSA) is 49.3 Å². The Labute approximate surface area is 145 Å². The number of aliphatic hydroxyl groups is 1. The predicted molar refractivity (Wildman–Crippen MR) is 95.7 cm³/mol. The first-order chi connectivity index (χ1) is 11.2. The lowest BCUT2D eigenvalue weighted by atomic mass is 9.95. The predicted octanol–water partition coefficient (Wildman–Crippen LogP) is 3.64. The molecule has 1 heterocycles. The van der Waals surface area contributed by atoms with Crippen LogP contribution in [0.2, 0.25) is 0 Å². The van der Waals surface area contributed by atoms with Crippen LogP contribution in [0.15, 0.2) is 52.7 Å². The third kappa shape index (κ3) is 4.37. The minimum absolute atomic E-state index is 0.00376. The Balaban J connectivity index is 1.46. The molecule has 1 atom stereocenters. The van der Waals surface area contributed by atoms with E-state index in [1.807, 2.05) is 47.8 Å². The van der Waals surface area contributed by atoms with E-state index < -0.39 is 5.60 Å². The smallest absolute Gasteiger partial charge is 0.220 e. The summed E-state index contributed by atoms with van der Waals surface area (Å²) in [5.74, 6) is 1.03. The van der Waals surface area contributed by atoms with Crippen molar-refractivity contribution in [2.24, 2.45) is 5.92 Å². The summed E-state index contributed by atoms with van der Waals surface area (Å²) >= 11 is 3.24. The van der Waals surface area contributed by atoms with E-state index in [9.17, 15) is 9.90 Å². The molecule has 0 spiro atoms. The van der Waals surface area contributed by atoms with Crippen molar-refractivity contribution < 1.29 is 9.90 Å². The van der Waals surface area contributed by atoms with Crippen LogP contribution < -0.4 is 5.32 Å². The molecular weight excluding hydrogens is 326 g/mol. The number of thiophene rings is 1. The molecule has 5 heteroatoms. The summed E-state index contributed by atoms with van der Waals surface area (Å²) in [6, 6.07) is 14.0. The normalized spacial score (nSPS) is 16.7. The number of thioether (sulfide) groups is 1. The van der Waals surface area contributed by atoms with Gasteiger partial charge in [-0.15, -0.1) is 23.1 Å². The van der Waals surface area contributed by atoms with Crippen molar-refractivity contribution in [1.29, 1.82) is 0 Å². The second-order valence-electron chi connectivity index (χ2n) is 5.86. The number of rotatable bonds is 8. The Morgan fingerprint density at radius 3 is 2.70 bits per heavy atom. The molecule has 2 N–H and O–H groups in total. The molecule has 122 valence electrons. The maximum absolute atomic E-state index is 12.1. The van der Waals surface area contributed by atoms with Gasteiger partial charge in [0.05, 0.1) is 6.54 Å². The summed E-state index contributed by atoms with van der Waals surface area (Å²) in [4.78, 5) is 14.2. The van der Waals surface area contributed by atoms with E-state index >= 15 is 0 Å². The van der Waals surface area contributed by atoms with Crippen molar-refractivity contribution in [3.8, 4) is 0 Å². The quantitative estimate of drug-likeness (QED) is 0.717. The molecule has 1 aromatic heterocycles. The highest BCUT2D eigenvalue weighted by Crippen LogP contribution is 2.46. The van der Waals surface area contributed by atoms with Crippen LogP contribution in [0.25, 0.3) is 0 Å². The highest BCUT2D eigenvalue weighted by atomic mass is 32.2. The summed E-state index contributed by atoms with van der Waals surface area (Å²) in [6.45, 7) is 0.313. The van der Waals surface area contributed by atoms with Gasteiger partial charge >= 0.3 is 0 Å². The van der Waals surface area contributed by atoms with Crippen LogP contribution in [-0.2, 0) is 10.4 Å². The van der Waals surface area contributed by atoms with E-state index in [2.05, 4.69) is 5.32 Å². The summed E-state index contributed by atoms with van der Waals surface area (Å²) in [7, 11) is 0. The van der Waals surface area contributed by atoms with Crippen LogP contribution >= 0.6 is 23.1 Å². The van der Waals surface area contributed by atoms with Crippen molar-refractivity contribution in [2.75, 3.05) is 12.3 Å². The zero-order valence-electron chi connectivity index (χ0n) is 12.9. The van der Waals surface area contributed by atoms with Gasteiger partial charge in [-0.1, -0.05) is 24.3 Å². The summed E-state index contributed by atoms with van der Waals surface area (Å²) < 4.78 is 0. The van der Waals surface area contributed by atoms with E-state index in [4.69, 9.17) is 0 Å². The van der Waals surface area contributed by atoms with Crippen molar-refractivity contribution in [3.63, 3.8) is 0 Å². The number of carbonyl (C=O) groups excluding carboxylic acids is 1. The first kappa shape index (κ1) is 16.6. The monoisotopic (exact) mass is 347 g/mol. The van der Waals surface area contributed by atoms with Crippen molar-refractivity contribution in [1.82, 2.24) is 5.32 Å². The second kappa shape index (κ2) is 7.51. The molecule has 0 radical (unpaired) electrons. The van der Waals surface area contributed by atoms with Crippen LogP contribution in [0.4, 0.5) is 0 Å². The molecule has 1 aliphatic rings. The van der Waals surface area contributed by atoms with Gasteiger partial charge in [-0.3, -0.25) is 4.79 Å². The Morgan fingerprint density at radius 1 is 1.26 bits per heavy atom. The van der Waals surface area contributed by atoms with E-state index in [0.29, 0.717) is 13.0 Å². The highest BCUT2D eigenvalue weighted by molar-refractivity contribution is 7.99. The van der Waals surface area contributed by atoms with Crippen LogP contribution in [0, 0.1) is 5.92 Å². The number of benzene rings is 1. The molecule has 1 fully saturated rings. The first-order valence-corrected chi connectivity index (χ1v) is 9.76. The minimum atomic E-state index is -0.892. The molecule has 0 saturated heterocycles. The zero-order chi connectivity index (χ0) is 16.1. The largest absolute Gasteiger partial charge is 0.382 e. The lowest BCUT2D eigenvalue weighted by Gasteiger charge is -2.27. The molecule has 2 aromatic rings. The number of amides is 1. The fraction of sp³-hybridized carbons (Fsp3) is 0.389. The Kier molecular flexibility index (Phi) is 5.41. The first-order valence-electron chi connectivity index (χ1n) is 7.89. The van der Waals surface area contributed by atoms with Crippen LogP contribution in [0.5, 0.6) is 0 Å². The Bertz CT molecular complexity index is 626. The number of hydrogen-bond donors (Lipinski definition) is 2. The Morgan fingerprint density at radius 2 is 2.04 bits per heavy atom. The van der Waals surface area contributed by atoms with Crippen molar-refractivity contribution in [2.45, 2.75) is 29.8 Å². The van der Waals surface area contributed by atoms with Crippen LogP contribution in [0.1, 0.15) is 24.1 Å².